The predicted octanol–water partition coefficient (Wildman–Crippen LogP) is 0.231. The summed E-state index contributed by atoms with van der Waals surface area (Å²) in [7, 11) is 1.40. The lowest BCUT2D eigenvalue weighted by Crippen LogP contribution is -2.17. The van der Waals surface area contributed by atoms with Crippen molar-refractivity contribution in [2.45, 2.75) is 6.92 Å². The number of hydrogen-bond donors (Lipinski definition) is 0. The minimum atomic E-state index is -0.911. The predicted molar refractivity (Wildman–Crippen MR) is 49.5 cm³/mol. The summed E-state index contributed by atoms with van der Waals surface area (Å²) in [5.41, 5.74) is 0.0780. The van der Waals surface area contributed by atoms with E-state index < -0.39 is 11.8 Å². The second-order valence-electron chi connectivity index (χ2n) is 2.51. The molecule has 0 bridgehead atoms. The van der Waals surface area contributed by atoms with Crippen molar-refractivity contribution >= 4 is 11.8 Å². The van der Waals surface area contributed by atoms with Crippen LogP contribution in [0, 0.1) is 0 Å². The zero-order valence-electron chi connectivity index (χ0n) is 8.39. The first-order chi connectivity index (χ1) is 7.19. The summed E-state index contributed by atoms with van der Waals surface area (Å²) in [6.45, 7) is 1.78. The number of carbonyl (C=O) groups is 2. The Bertz CT molecular complexity index is 361. The van der Waals surface area contributed by atoms with E-state index in [0.717, 1.165) is 0 Å². The highest BCUT2D eigenvalue weighted by atomic mass is 16.5. The van der Waals surface area contributed by atoms with Gasteiger partial charge in [-0.25, -0.2) is 14.8 Å². The Morgan fingerprint density at radius 2 is 1.93 bits per heavy atom. The van der Waals surface area contributed by atoms with Crippen molar-refractivity contribution in [2.75, 3.05) is 13.7 Å². The van der Waals surface area contributed by atoms with Gasteiger partial charge in [-0.2, -0.15) is 0 Å². The molecule has 0 aromatic carbocycles. The van der Waals surface area contributed by atoms with Gasteiger partial charge in [0.15, 0.2) is 0 Å². The maximum Gasteiger partial charge on any atom is 0.379 e. The topological polar surface area (TPSA) is 78.4 Å². The molecule has 1 aromatic rings. The van der Waals surface area contributed by atoms with Crippen LogP contribution in [0.25, 0.3) is 0 Å². The molecule has 0 fully saturated rings. The lowest BCUT2D eigenvalue weighted by molar-refractivity contribution is -0.137. The molecule has 15 heavy (non-hydrogen) atoms. The molecule has 1 aromatic heterocycles. The maximum atomic E-state index is 11.3. The Morgan fingerprint density at radius 3 is 2.40 bits per heavy atom. The summed E-state index contributed by atoms with van der Waals surface area (Å²) in [4.78, 5) is 29.8. The van der Waals surface area contributed by atoms with Crippen LogP contribution in [-0.2, 0) is 9.53 Å². The Labute approximate surface area is 86.2 Å². The van der Waals surface area contributed by atoms with Gasteiger partial charge in [-0.1, -0.05) is 0 Å². The van der Waals surface area contributed by atoms with Gasteiger partial charge in [0, 0.05) is 12.4 Å². The molecule has 6 heteroatoms. The molecule has 0 unspecified atom stereocenters. The average Bonchev–Trinajstić information content (AvgIpc) is 2.28. The minimum Gasteiger partial charge on any atom is -0.467 e. The molecular weight excluding hydrogens is 200 g/mol. The number of carbonyl (C=O) groups excluding carboxylic acids is 2. The van der Waals surface area contributed by atoms with Crippen molar-refractivity contribution in [1.82, 2.24) is 9.97 Å². The number of Topliss-reactive ketones (excluding diaryl/α,β-unsaturated/α-hetero) is 1. The molecule has 0 radical (unpaired) electrons. The third-order valence-corrected chi connectivity index (χ3v) is 1.53. The summed E-state index contributed by atoms with van der Waals surface area (Å²) in [5, 5.41) is 0. The fourth-order valence-electron chi connectivity index (χ4n) is 0.853. The molecule has 80 valence electrons. The van der Waals surface area contributed by atoms with Crippen LogP contribution in [0.15, 0.2) is 12.4 Å². The van der Waals surface area contributed by atoms with Crippen LogP contribution in [-0.4, -0.2) is 35.4 Å². The molecule has 0 amide bonds. The number of esters is 1. The van der Waals surface area contributed by atoms with Gasteiger partial charge in [0.25, 0.3) is 5.78 Å². The summed E-state index contributed by atoms with van der Waals surface area (Å²) >= 11 is 0. The SMILES string of the molecule is CCOC(=O)C(=O)c1cnc(OC)nc1. The Hall–Kier alpha value is -1.98. The van der Waals surface area contributed by atoms with E-state index in [4.69, 9.17) is 4.74 Å². The van der Waals surface area contributed by atoms with Crippen molar-refractivity contribution in [3.05, 3.63) is 18.0 Å². The second-order valence-corrected chi connectivity index (χ2v) is 2.51. The molecular formula is C9H10N2O4. The molecule has 0 saturated carbocycles. The summed E-state index contributed by atoms with van der Waals surface area (Å²) in [5.74, 6) is -1.68. The summed E-state index contributed by atoms with van der Waals surface area (Å²) in [6.07, 6.45) is 2.43. The van der Waals surface area contributed by atoms with Gasteiger partial charge in [-0.05, 0) is 6.92 Å². The fourth-order valence-corrected chi connectivity index (χ4v) is 0.853. The standard InChI is InChI=1S/C9H10N2O4/c1-3-15-8(13)7(12)6-4-10-9(14-2)11-5-6/h4-5H,3H2,1-2H3. The van der Waals surface area contributed by atoms with Gasteiger partial charge in [0.05, 0.1) is 19.3 Å². The zero-order chi connectivity index (χ0) is 11.3. The highest BCUT2D eigenvalue weighted by Crippen LogP contribution is 2.03. The van der Waals surface area contributed by atoms with Crippen LogP contribution < -0.4 is 4.74 Å². The molecule has 0 spiro atoms. The van der Waals surface area contributed by atoms with Gasteiger partial charge in [-0.15, -0.1) is 0 Å². The second kappa shape index (κ2) is 5.04. The highest BCUT2D eigenvalue weighted by Gasteiger charge is 2.18. The van der Waals surface area contributed by atoms with Gasteiger partial charge in [0.1, 0.15) is 0 Å². The molecule has 1 heterocycles. The van der Waals surface area contributed by atoms with E-state index in [2.05, 4.69) is 14.7 Å². The van der Waals surface area contributed by atoms with Gasteiger partial charge < -0.3 is 9.47 Å². The van der Waals surface area contributed by atoms with Gasteiger partial charge in [-0.3, -0.25) is 4.79 Å². The average molecular weight is 210 g/mol. The van der Waals surface area contributed by atoms with Crippen molar-refractivity contribution in [3.8, 4) is 6.01 Å². The monoisotopic (exact) mass is 210 g/mol. The highest BCUT2D eigenvalue weighted by molar-refractivity contribution is 6.40. The van der Waals surface area contributed by atoms with Crippen molar-refractivity contribution in [3.63, 3.8) is 0 Å². The van der Waals surface area contributed by atoms with Crippen LogP contribution in [0.1, 0.15) is 17.3 Å². The number of ether oxygens (including phenoxy) is 2. The van der Waals surface area contributed by atoms with Crippen LogP contribution in [0.3, 0.4) is 0 Å². The van der Waals surface area contributed by atoms with Gasteiger partial charge >= 0.3 is 12.0 Å². The first-order valence-electron chi connectivity index (χ1n) is 4.26. The van der Waals surface area contributed by atoms with E-state index in [1.807, 2.05) is 0 Å². The number of methoxy groups -OCH3 is 1. The Morgan fingerprint density at radius 1 is 1.33 bits per heavy atom. The van der Waals surface area contributed by atoms with Crippen LogP contribution in [0.5, 0.6) is 6.01 Å². The van der Waals surface area contributed by atoms with Crippen molar-refractivity contribution in [2.24, 2.45) is 0 Å². The van der Waals surface area contributed by atoms with E-state index in [1.165, 1.54) is 19.5 Å². The molecule has 0 aliphatic rings. The smallest absolute Gasteiger partial charge is 0.379 e. The van der Waals surface area contributed by atoms with Gasteiger partial charge in [0.2, 0.25) is 0 Å². The quantitative estimate of drug-likeness (QED) is 0.402. The molecule has 1 rings (SSSR count). The maximum absolute atomic E-state index is 11.3. The number of ketones is 1. The minimum absolute atomic E-state index is 0.0780. The van der Waals surface area contributed by atoms with Crippen molar-refractivity contribution in [1.29, 1.82) is 0 Å². The third kappa shape index (κ3) is 2.73. The number of rotatable bonds is 4. The lowest BCUT2D eigenvalue weighted by Gasteiger charge is -2.00. The third-order valence-electron chi connectivity index (χ3n) is 1.53. The van der Waals surface area contributed by atoms with E-state index in [0.29, 0.717) is 0 Å². The van der Waals surface area contributed by atoms with Crippen LogP contribution in [0.4, 0.5) is 0 Å². The Balaban J connectivity index is 2.78. The van der Waals surface area contributed by atoms with E-state index in [9.17, 15) is 9.59 Å². The first-order valence-corrected chi connectivity index (χ1v) is 4.26. The normalized spacial score (nSPS) is 9.47. The first kappa shape index (κ1) is 11.1. The summed E-state index contributed by atoms with van der Waals surface area (Å²) < 4.78 is 9.25. The van der Waals surface area contributed by atoms with Crippen molar-refractivity contribution < 1.29 is 19.1 Å². The molecule has 0 N–H and O–H groups in total. The Kier molecular flexibility index (Phi) is 3.73. The molecule has 0 aliphatic heterocycles. The fraction of sp³-hybridized carbons (Fsp3) is 0.333. The van der Waals surface area contributed by atoms with Crippen LogP contribution in [0.2, 0.25) is 0 Å². The molecule has 6 nitrogen and oxygen atoms in total. The zero-order valence-corrected chi connectivity index (χ0v) is 8.39. The van der Waals surface area contributed by atoms with E-state index >= 15 is 0 Å². The lowest BCUT2D eigenvalue weighted by atomic mass is 10.2. The number of aromatic nitrogens is 2. The van der Waals surface area contributed by atoms with Crippen LogP contribution >= 0.6 is 0 Å². The summed E-state index contributed by atoms with van der Waals surface area (Å²) in [6, 6.07) is 0.135. The largest absolute Gasteiger partial charge is 0.467 e. The molecule has 0 aliphatic carbocycles. The number of nitrogens with zero attached hydrogens (tertiary/aromatic N) is 2. The molecule has 0 atom stereocenters. The number of hydrogen-bond acceptors (Lipinski definition) is 6. The molecule has 0 saturated heterocycles. The van der Waals surface area contributed by atoms with E-state index in [1.54, 1.807) is 6.92 Å². The van der Waals surface area contributed by atoms with E-state index in [-0.39, 0.29) is 18.2 Å².